The van der Waals surface area contributed by atoms with E-state index in [2.05, 4.69) is 35.3 Å². The van der Waals surface area contributed by atoms with Crippen molar-refractivity contribution in [3.05, 3.63) is 84.6 Å². The van der Waals surface area contributed by atoms with E-state index in [1.54, 1.807) is 0 Å². The van der Waals surface area contributed by atoms with Gasteiger partial charge in [0.05, 0.1) is 0 Å². The molecule has 3 aromatic carbocycles. The Kier molecular flexibility index (Phi) is 4.65. The van der Waals surface area contributed by atoms with Gasteiger partial charge in [-0.3, -0.25) is 0 Å². The molecular formula is C26H24N2O. The van der Waals surface area contributed by atoms with E-state index in [0.717, 1.165) is 28.0 Å². The first-order valence-corrected chi connectivity index (χ1v) is 10.3. The molecule has 5 rings (SSSR count). The Morgan fingerprint density at radius 1 is 0.793 bits per heavy atom. The van der Waals surface area contributed by atoms with E-state index in [1.807, 2.05) is 48.7 Å². The first kappa shape index (κ1) is 17.7. The number of nitrogen functional groups attached to an aromatic ring is 1. The molecule has 1 aliphatic rings. The van der Waals surface area contributed by atoms with Gasteiger partial charge >= 0.3 is 0 Å². The number of ether oxygens (including phenoxy) is 1. The molecule has 2 N–H and O–H groups in total. The molecule has 1 fully saturated rings. The summed E-state index contributed by atoms with van der Waals surface area (Å²) in [4.78, 5) is 4.39. The Hall–Kier alpha value is -3.33. The van der Waals surface area contributed by atoms with E-state index in [1.165, 1.54) is 36.6 Å². The van der Waals surface area contributed by atoms with Crippen molar-refractivity contribution in [1.82, 2.24) is 4.98 Å². The third-order valence-corrected chi connectivity index (χ3v) is 5.93. The van der Waals surface area contributed by atoms with Gasteiger partial charge in [0.25, 0.3) is 0 Å². The van der Waals surface area contributed by atoms with Crippen molar-refractivity contribution in [3.8, 4) is 22.6 Å². The van der Waals surface area contributed by atoms with E-state index < -0.39 is 0 Å². The van der Waals surface area contributed by atoms with Crippen molar-refractivity contribution in [3.63, 3.8) is 0 Å². The molecule has 3 nitrogen and oxygen atoms in total. The fourth-order valence-electron chi connectivity index (χ4n) is 4.51. The molecule has 0 unspecified atom stereocenters. The van der Waals surface area contributed by atoms with Crippen LogP contribution in [0, 0.1) is 0 Å². The fourth-order valence-corrected chi connectivity index (χ4v) is 4.51. The van der Waals surface area contributed by atoms with Crippen LogP contribution in [0.5, 0.6) is 11.5 Å². The summed E-state index contributed by atoms with van der Waals surface area (Å²) < 4.78 is 5.93. The van der Waals surface area contributed by atoms with Crippen LogP contribution in [0.15, 0.2) is 79.0 Å². The van der Waals surface area contributed by atoms with Crippen LogP contribution in [0.1, 0.15) is 37.2 Å². The molecule has 3 heteroatoms. The topological polar surface area (TPSA) is 48.1 Å². The summed E-state index contributed by atoms with van der Waals surface area (Å²) in [5.74, 6) is 2.88. The van der Waals surface area contributed by atoms with E-state index in [4.69, 9.17) is 10.5 Å². The number of anilines is 1. The molecule has 144 valence electrons. The van der Waals surface area contributed by atoms with Crippen molar-refractivity contribution in [2.45, 2.75) is 31.6 Å². The van der Waals surface area contributed by atoms with Gasteiger partial charge in [0.2, 0.25) is 0 Å². The Morgan fingerprint density at radius 3 is 2.28 bits per heavy atom. The average Bonchev–Trinajstić information content (AvgIpc) is 3.29. The Bertz CT molecular complexity index is 1130. The summed E-state index contributed by atoms with van der Waals surface area (Å²) in [5.41, 5.74) is 10.0. The van der Waals surface area contributed by atoms with Crippen LogP contribution in [0.4, 0.5) is 5.82 Å². The zero-order chi connectivity index (χ0) is 19.6. The zero-order valence-electron chi connectivity index (χ0n) is 16.3. The summed E-state index contributed by atoms with van der Waals surface area (Å²) in [7, 11) is 0. The van der Waals surface area contributed by atoms with Crippen LogP contribution in [-0.2, 0) is 0 Å². The summed E-state index contributed by atoms with van der Waals surface area (Å²) in [5, 5.41) is 2.31. The summed E-state index contributed by atoms with van der Waals surface area (Å²) in [6.07, 6.45) is 7.00. The van der Waals surface area contributed by atoms with Crippen molar-refractivity contribution in [1.29, 1.82) is 0 Å². The van der Waals surface area contributed by atoms with Crippen molar-refractivity contribution >= 4 is 16.6 Å². The number of nitrogens with two attached hydrogens (primary N) is 1. The number of benzene rings is 3. The minimum atomic E-state index is 0.599. The summed E-state index contributed by atoms with van der Waals surface area (Å²) >= 11 is 0. The van der Waals surface area contributed by atoms with E-state index in [-0.39, 0.29) is 0 Å². The maximum Gasteiger partial charge on any atom is 0.131 e. The highest BCUT2D eigenvalue weighted by atomic mass is 16.5. The third-order valence-electron chi connectivity index (χ3n) is 5.93. The SMILES string of the molecule is Nc1nccc2c(C3CCCC3)ccc(-c3ccc(Oc4ccccc4)cc3)c12. The Balaban J connectivity index is 1.54. The molecule has 1 aliphatic carbocycles. The van der Waals surface area contributed by atoms with Gasteiger partial charge in [-0.05, 0) is 71.2 Å². The van der Waals surface area contributed by atoms with E-state index in [0.29, 0.717) is 11.7 Å². The lowest BCUT2D eigenvalue weighted by Crippen LogP contribution is -1.99. The van der Waals surface area contributed by atoms with E-state index >= 15 is 0 Å². The number of rotatable bonds is 4. The van der Waals surface area contributed by atoms with Crippen LogP contribution < -0.4 is 10.5 Å². The van der Waals surface area contributed by atoms with Crippen LogP contribution in [-0.4, -0.2) is 4.98 Å². The zero-order valence-corrected chi connectivity index (χ0v) is 16.3. The molecule has 0 aliphatic heterocycles. The number of hydrogen-bond acceptors (Lipinski definition) is 3. The third kappa shape index (κ3) is 3.44. The van der Waals surface area contributed by atoms with Crippen LogP contribution in [0.2, 0.25) is 0 Å². The molecule has 4 aromatic rings. The fraction of sp³-hybridized carbons (Fsp3) is 0.192. The van der Waals surface area contributed by atoms with Gasteiger partial charge < -0.3 is 10.5 Å². The molecule has 0 amide bonds. The van der Waals surface area contributed by atoms with Gasteiger partial charge in [-0.25, -0.2) is 4.98 Å². The lowest BCUT2D eigenvalue weighted by atomic mass is 9.89. The van der Waals surface area contributed by atoms with Gasteiger partial charge in [-0.1, -0.05) is 55.3 Å². The van der Waals surface area contributed by atoms with E-state index in [9.17, 15) is 0 Å². The minimum absolute atomic E-state index is 0.599. The highest BCUT2D eigenvalue weighted by Crippen LogP contribution is 2.41. The summed E-state index contributed by atoms with van der Waals surface area (Å²) in [6, 6.07) is 24.6. The molecule has 0 atom stereocenters. The number of nitrogens with zero attached hydrogens (tertiary/aromatic N) is 1. The molecule has 1 aromatic heterocycles. The molecular weight excluding hydrogens is 356 g/mol. The van der Waals surface area contributed by atoms with Crippen LogP contribution in [0.25, 0.3) is 21.9 Å². The highest BCUT2D eigenvalue weighted by molar-refractivity contribution is 6.04. The molecule has 0 spiro atoms. The van der Waals surface area contributed by atoms with Crippen LogP contribution >= 0.6 is 0 Å². The number of hydrogen-bond donors (Lipinski definition) is 1. The molecule has 0 saturated heterocycles. The lowest BCUT2D eigenvalue weighted by Gasteiger charge is -2.17. The number of pyridine rings is 1. The predicted octanol–water partition coefficient (Wildman–Crippen LogP) is 6.93. The first-order chi connectivity index (χ1) is 14.3. The minimum Gasteiger partial charge on any atom is -0.457 e. The molecule has 0 radical (unpaired) electrons. The number of aromatic nitrogens is 1. The van der Waals surface area contributed by atoms with Crippen molar-refractivity contribution in [2.24, 2.45) is 0 Å². The number of fused-ring (bicyclic) bond motifs is 1. The normalized spacial score (nSPS) is 14.3. The summed E-state index contributed by atoms with van der Waals surface area (Å²) in [6.45, 7) is 0. The molecule has 1 heterocycles. The highest BCUT2D eigenvalue weighted by Gasteiger charge is 2.21. The Labute approximate surface area is 171 Å². The monoisotopic (exact) mass is 380 g/mol. The average molecular weight is 380 g/mol. The van der Waals surface area contributed by atoms with Crippen molar-refractivity contribution in [2.75, 3.05) is 5.73 Å². The Morgan fingerprint density at radius 2 is 1.52 bits per heavy atom. The predicted molar refractivity (Wildman–Crippen MR) is 119 cm³/mol. The van der Waals surface area contributed by atoms with Gasteiger partial charge in [0.15, 0.2) is 0 Å². The number of para-hydroxylation sites is 1. The van der Waals surface area contributed by atoms with Crippen LogP contribution in [0.3, 0.4) is 0 Å². The second-order valence-electron chi connectivity index (χ2n) is 7.74. The maximum atomic E-state index is 6.36. The van der Waals surface area contributed by atoms with Gasteiger partial charge in [0.1, 0.15) is 17.3 Å². The standard InChI is InChI=1S/C26H24N2O/c27-26-25-23(15-14-22(18-6-4-5-7-18)24(25)16-17-28-26)19-10-12-21(13-11-19)29-20-8-2-1-3-9-20/h1-3,8-18H,4-7H2,(H2,27,28). The smallest absolute Gasteiger partial charge is 0.131 e. The quantitative estimate of drug-likeness (QED) is 0.417. The second-order valence-corrected chi connectivity index (χ2v) is 7.74. The second kappa shape index (κ2) is 7.59. The molecule has 1 saturated carbocycles. The lowest BCUT2D eigenvalue weighted by molar-refractivity contribution is 0.483. The van der Waals surface area contributed by atoms with Crippen molar-refractivity contribution < 1.29 is 4.74 Å². The van der Waals surface area contributed by atoms with Gasteiger partial charge in [-0.2, -0.15) is 0 Å². The van der Waals surface area contributed by atoms with Gasteiger partial charge in [0, 0.05) is 11.6 Å². The molecule has 29 heavy (non-hydrogen) atoms. The maximum absolute atomic E-state index is 6.36. The largest absolute Gasteiger partial charge is 0.457 e. The molecule has 0 bridgehead atoms. The first-order valence-electron chi connectivity index (χ1n) is 10.3. The van der Waals surface area contributed by atoms with Gasteiger partial charge in [-0.15, -0.1) is 0 Å².